The molecule has 0 spiro atoms. The highest BCUT2D eigenvalue weighted by Crippen LogP contribution is 2.13. The van der Waals surface area contributed by atoms with Gasteiger partial charge in [-0.2, -0.15) is 0 Å². The Bertz CT molecular complexity index is 349. The third-order valence-electron chi connectivity index (χ3n) is 2.47. The van der Waals surface area contributed by atoms with Crippen LogP contribution in [0.15, 0.2) is 24.3 Å². The van der Waals surface area contributed by atoms with Gasteiger partial charge in [0, 0.05) is 6.54 Å². The summed E-state index contributed by atoms with van der Waals surface area (Å²) in [6.07, 6.45) is -0.201. The van der Waals surface area contributed by atoms with Crippen LogP contribution < -0.4 is 0 Å². The molecular formula is C11H13NO2. The molecule has 0 atom stereocenters. The van der Waals surface area contributed by atoms with Crippen molar-refractivity contribution in [2.75, 3.05) is 13.2 Å². The summed E-state index contributed by atoms with van der Waals surface area (Å²) >= 11 is 0. The highest BCUT2D eigenvalue weighted by atomic mass is 16.6. The van der Waals surface area contributed by atoms with Crippen LogP contribution >= 0.6 is 0 Å². The number of amides is 1. The molecule has 3 nitrogen and oxygen atoms in total. The molecule has 0 unspecified atom stereocenters. The van der Waals surface area contributed by atoms with Crippen molar-refractivity contribution in [3.05, 3.63) is 35.4 Å². The van der Waals surface area contributed by atoms with E-state index in [0.29, 0.717) is 19.7 Å². The van der Waals surface area contributed by atoms with Gasteiger partial charge >= 0.3 is 6.09 Å². The summed E-state index contributed by atoms with van der Waals surface area (Å²) in [5.41, 5.74) is 2.40. The number of hydrogen-bond donors (Lipinski definition) is 0. The minimum atomic E-state index is -0.201. The van der Waals surface area contributed by atoms with Crippen LogP contribution in [-0.4, -0.2) is 24.1 Å². The Hall–Kier alpha value is -1.51. The normalized spacial score (nSPS) is 15.8. The standard InChI is InChI=1S/C11H13NO2/c1-9-4-2-3-5-10(9)8-12-6-7-14-11(12)13/h2-5H,6-8H2,1H3. The average molecular weight is 191 g/mol. The Balaban J connectivity index is 2.10. The van der Waals surface area contributed by atoms with E-state index in [0.717, 1.165) is 0 Å². The van der Waals surface area contributed by atoms with Crippen molar-refractivity contribution >= 4 is 6.09 Å². The molecule has 0 N–H and O–H groups in total. The van der Waals surface area contributed by atoms with Crippen LogP contribution in [-0.2, 0) is 11.3 Å². The first kappa shape index (κ1) is 9.06. The lowest BCUT2D eigenvalue weighted by Gasteiger charge is -2.13. The Morgan fingerprint density at radius 2 is 2.21 bits per heavy atom. The first-order chi connectivity index (χ1) is 6.77. The fraction of sp³-hybridized carbons (Fsp3) is 0.364. The second kappa shape index (κ2) is 3.70. The van der Waals surface area contributed by atoms with E-state index in [1.807, 2.05) is 18.2 Å². The molecule has 0 saturated carbocycles. The SMILES string of the molecule is Cc1ccccc1CN1CCOC1=O. The van der Waals surface area contributed by atoms with Crippen molar-refractivity contribution in [1.82, 2.24) is 4.90 Å². The van der Waals surface area contributed by atoms with Gasteiger partial charge in [-0.05, 0) is 18.1 Å². The summed E-state index contributed by atoms with van der Waals surface area (Å²) in [7, 11) is 0. The van der Waals surface area contributed by atoms with Crippen LogP contribution in [0, 0.1) is 6.92 Å². The van der Waals surface area contributed by atoms with E-state index < -0.39 is 0 Å². The highest BCUT2D eigenvalue weighted by molar-refractivity contribution is 5.69. The van der Waals surface area contributed by atoms with Gasteiger partial charge in [-0.15, -0.1) is 0 Å². The van der Waals surface area contributed by atoms with E-state index in [4.69, 9.17) is 4.74 Å². The molecule has 14 heavy (non-hydrogen) atoms. The van der Waals surface area contributed by atoms with Crippen molar-refractivity contribution in [2.45, 2.75) is 13.5 Å². The molecule has 74 valence electrons. The minimum Gasteiger partial charge on any atom is -0.448 e. The van der Waals surface area contributed by atoms with Gasteiger partial charge in [-0.3, -0.25) is 0 Å². The van der Waals surface area contributed by atoms with E-state index in [1.165, 1.54) is 11.1 Å². The maximum Gasteiger partial charge on any atom is 0.410 e. The number of aryl methyl sites for hydroxylation is 1. The van der Waals surface area contributed by atoms with E-state index in [9.17, 15) is 4.79 Å². The molecule has 1 amide bonds. The van der Waals surface area contributed by atoms with Crippen molar-refractivity contribution in [3.63, 3.8) is 0 Å². The number of cyclic esters (lactones) is 1. The monoisotopic (exact) mass is 191 g/mol. The van der Waals surface area contributed by atoms with E-state index in [-0.39, 0.29) is 6.09 Å². The third kappa shape index (κ3) is 1.71. The molecule has 1 aliphatic heterocycles. The van der Waals surface area contributed by atoms with E-state index in [2.05, 4.69) is 13.0 Å². The smallest absolute Gasteiger partial charge is 0.410 e. The van der Waals surface area contributed by atoms with Crippen LogP contribution in [0.25, 0.3) is 0 Å². The van der Waals surface area contributed by atoms with E-state index in [1.54, 1.807) is 4.90 Å². The van der Waals surface area contributed by atoms with Crippen molar-refractivity contribution in [3.8, 4) is 0 Å². The molecule has 1 saturated heterocycles. The molecule has 1 fully saturated rings. The lowest BCUT2D eigenvalue weighted by Crippen LogP contribution is -2.23. The maximum absolute atomic E-state index is 11.2. The first-order valence-electron chi connectivity index (χ1n) is 4.73. The van der Waals surface area contributed by atoms with Crippen LogP contribution in [0.4, 0.5) is 4.79 Å². The van der Waals surface area contributed by atoms with Crippen molar-refractivity contribution in [1.29, 1.82) is 0 Å². The molecule has 1 aromatic carbocycles. The molecule has 0 aliphatic carbocycles. The number of ether oxygens (including phenoxy) is 1. The minimum absolute atomic E-state index is 0.201. The molecule has 0 aromatic heterocycles. The number of carbonyl (C=O) groups excluding carboxylic acids is 1. The summed E-state index contributed by atoms with van der Waals surface area (Å²) in [5, 5.41) is 0. The van der Waals surface area contributed by atoms with Gasteiger partial charge in [0.2, 0.25) is 0 Å². The number of rotatable bonds is 2. The van der Waals surface area contributed by atoms with Crippen LogP contribution in [0.1, 0.15) is 11.1 Å². The lowest BCUT2D eigenvalue weighted by atomic mass is 10.1. The van der Waals surface area contributed by atoms with Gasteiger partial charge < -0.3 is 9.64 Å². The number of carbonyl (C=O) groups is 1. The van der Waals surface area contributed by atoms with Crippen molar-refractivity contribution in [2.24, 2.45) is 0 Å². The zero-order chi connectivity index (χ0) is 9.97. The predicted octanol–water partition coefficient (Wildman–Crippen LogP) is 1.95. The lowest BCUT2D eigenvalue weighted by molar-refractivity contribution is 0.157. The van der Waals surface area contributed by atoms with Crippen LogP contribution in [0.2, 0.25) is 0 Å². The summed E-state index contributed by atoms with van der Waals surface area (Å²) in [5.74, 6) is 0. The van der Waals surface area contributed by atoms with E-state index >= 15 is 0 Å². The molecule has 1 heterocycles. The summed E-state index contributed by atoms with van der Waals surface area (Å²) in [6, 6.07) is 8.09. The fourth-order valence-electron chi connectivity index (χ4n) is 1.56. The number of hydrogen-bond acceptors (Lipinski definition) is 2. The maximum atomic E-state index is 11.2. The number of nitrogens with zero attached hydrogens (tertiary/aromatic N) is 1. The van der Waals surface area contributed by atoms with Gasteiger partial charge in [0.05, 0.1) is 6.54 Å². The van der Waals surface area contributed by atoms with Crippen molar-refractivity contribution < 1.29 is 9.53 Å². The van der Waals surface area contributed by atoms with Gasteiger partial charge in [-0.25, -0.2) is 4.79 Å². The second-order valence-electron chi connectivity index (χ2n) is 3.46. The fourth-order valence-corrected chi connectivity index (χ4v) is 1.56. The molecule has 1 aromatic rings. The first-order valence-corrected chi connectivity index (χ1v) is 4.73. The summed E-state index contributed by atoms with van der Waals surface area (Å²) in [4.78, 5) is 12.9. The molecule has 2 rings (SSSR count). The van der Waals surface area contributed by atoms with Gasteiger partial charge in [0.15, 0.2) is 0 Å². The zero-order valence-corrected chi connectivity index (χ0v) is 8.19. The third-order valence-corrected chi connectivity index (χ3v) is 2.47. The van der Waals surface area contributed by atoms with Crippen LogP contribution in [0.3, 0.4) is 0 Å². The Morgan fingerprint density at radius 3 is 2.86 bits per heavy atom. The topological polar surface area (TPSA) is 29.5 Å². The predicted molar refractivity (Wildman–Crippen MR) is 52.9 cm³/mol. The molecule has 0 radical (unpaired) electrons. The molecule has 0 bridgehead atoms. The van der Waals surface area contributed by atoms with Gasteiger partial charge in [0.25, 0.3) is 0 Å². The molecular weight excluding hydrogens is 178 g/mol. The Morgan fingerprint density at radius 1 is 1.43 bits per heavy atom. The van der Waals surface area contributed by atoms with Crippen LogP contribution in [0.5, 0.6) is 0 Å². The quantitative estimate of drug-likeness (QED) is 0.715. The van der Waals surface area contributed by atoms with Gasteiger partial charge in [-0.1, -0.05) is 24.3 Å². The average Bonchev–Trinajstić information content (AvgIpc) is 2.56. The largest absolute Gasteiger partial charge is 0.448 e. The summed E-state index contributed by atoms with van der Waals surface area (Å²) < 4.78 is 4.86. The molecule has 3 heteroatoms. The second-order valence-corrected chi connectivity index (χ2v) is 3.46. The number of benzene rings is 1. The zero-order valence-electron chi connectivity index (χ0n) is 8.19. The Kier molecular flexibility index (Phi) is 2.39. The highest BCUT2D eigenvalue weighted by Gasteiger charge is 2.21. The summed E-state index contributed by atoms with van der Waals surface area (Å²) in [6.45, 7) is 3.93. The van der Waals surface area contributed by atoms with Gasteiger partial charge in [0.1, 0.15) is 6.61 Å². The molecule has 1 aliphatic rings. The Labute approximate surface area is 83.3 Å².